The first-order valence-corrected chi connectivity index (χ1v) is 5.64. The van der Waals surface area contributed by atoms with Crippen molar-refractivity contribution in [2.75, 3.05) is 25.5 Å². The summed E-state index contributed by atoms with van der Waals surface area (Å²) in [5.41, 5.74) is 0.600. The van der Waals surface area contributed by atoms with Crippen molar-refractivity contribution in [1.82, 2.24) is 10.6 Å². The lowest BCUT2D eigenvalue weighted by molar-refractivity contribution is -0.122. The van der Waals surface area contributed by atoms with E-state index in [9.17, 15) is 9.59 Å². The molecule has 3 amide bonds. The van der Waals surface area contributed by atoms with E-state index in [4.69, 9.17) is 4.74 Å². The van der Waals surface area contributed by atoms with Crippen molar-refractivity contribution in [3.8, 4) is 5.75 Å². The van der Waals surface area contributed by atoms with Crippen LogP contribution in [-0.2, 0) is 4.79 Å². The third-order valence-corrected chi connectivity index (χ3v) is 2.06. The Hall–Kier alpha value is -2.24. The molecule has 1 rings (SSSR count). The highest BCUT2D eigenvalue weighted by Crippen LogP contribution is 2.17. The lowest BCUT2D eigenvalue weighted by atomic mass is 10.3. The molecule has 0 fully saturated rings. The van der Waals surface area contributed by atoms with Gasteiger partial charge in [0.05, 0.1) is 0 Å². The van der Waals surface area contributed by atoms with Gasteiger partial charge in [-0.25, -0.2) is 4.79 Å². The molecule has 0 spiro atoms. The van der Waals surface area contributed by atoms with E-state index in [1.165, 1.54) is 7.05 Å². The zero-order valence-corrected chi connectivity index (χ0v) is 10.4. The zero-order chi connectivity index (χ0) is 13.4. The highest BCUT2D eigenvalue weighted by Gasteiger charge is 2.03. The van der Waals surface area contributed by atoms with E-state index in [1.54, 1.807) is 24.3 Å². The molecular weight excluding hydrogens is 234 g/mol. The van der Waals surface area contributed by atoms with Crippen molar-refractivity contribution >= 4 is 17.6 Å². The van der Waals surface area contributed by atoms with Crippen molar-refractivity contribution in [2.45, 2.75) is 6.92 Å². The summed E-state index contributed by atoms with van der Waals surface area (Å²) in [7, 11) is 1.53. The van der Waals surface area contributed by atoms with E-state index in [-0.39, 0.29) is 18.5 Å². The molecule has 0 saturated carbocycles. The van der Waals surface area contributed by atoms with E-state index in [0.717, 1.165) is 0 Å². The first kappa shape index (κ1) is 13.8. The minimum atomic E-state index is -0.309. The van der Waals surface area contributed by atoms with Gasteiger partial charge in [0.15, 0.2) is 6.61 Å². The second kappa shape index (κ2) is 7.16. The van der Waals surface area contributed by atoms with Crippen LogP contribution in [-0.4, -0.2) is 32.1 Å². The molecule has 0 aliphatic rings. The fourth-order valence-corrected chi connectivity index (χ4v) is 1.25. The number of rotatable bonds is 5. The lowest BCUT2D eigenvalue weighted by Crippen LogP contribution is -2.28. The molecule has 6 heteroatoms. The number of hydrogen-bond acceptors (Lipinski definition) is 3. The summed E-state index contributed by atoms with van der Waals surface area (Å²) in [6.45, 7) is 2.36. The Morgan fingerprint density at radius 1 is 1.33 bits per heavy atom. The standard InChI is InChI=1S/C12H17N3O3/c1-3-14-11(16)8-18-10-6-4-5-9(7-10)15-12(17)13-2/h4-7H,3,8H2,1-2H3,(H,14,16)(H2,13,15,17). The van der Waals surface area contributed by atoms with Crippen LogP contribution in [0.3, 0.4) is 0 Å². The molecule has 1 aromatic rings. The maximum absolute atomic E-state index is 11.2. The quantitative estimate of drug-likeness (QED) is 0.729. The molecule has 0 aliphatic carbocycles. The Kier molecular flexibility index (Phi) is 5.50. The smallest absolute Gasteiger partial charge is 0.318 e. The van der Waals surface area contributed by atoms with Crippen molar-refractivity contribution in [3.05, 3.63) is 24.3 Å². The number of carbonyl (C=O) groups is 2. The van der Waals surface area contributed by atoms with Gasteiger partial charge in [0, 0.05) is 25.3 Å². The Bertz CT molecular complexity index is 421. The second-order valence-electron chi connectivity index (χ2n) is 3.47. The zero-order valence-electron chi connectivity index (χ0n) is 10.4. The van der Waals surface area contributed by atoms with Gasteiger partial charge >= 0.3 is 6.03 Å². The van der Waals surface area contributed by atoms with Gasteiger partial charge in [-0.1, -0.05) is 6.07 Å². The molecule has 0 saturated heterocycles. The maximum Gasteiger partial charge on any atom is 0.318 e. The second-order valence-corrected chi connectivity index (χ2v) is 3.47. The van der Waals surface area contributed by atoms with Crippen molar-refractivity contribution in [1.29, 1.82) is 0 Å². The van der Waals surface area contributed by atoms with Gasteiger partial charge in [-0.05, 0) is 19.1 Å². The number of urea groups is 1. The van der Waals surface area contributed by atoms with Crippen molar-refractivity contribution in [3.63, 3.8) is 0 Å². The fourth-order valence-electron chi connectivity index (χ4n) is 1.25. The number of amides is 3. The van der Waals surface area contributed by atoms with Gasteiger partial charge in [0.2, 0.25) is 0 Å². The number of anilines is 1. The molecule has 0 atom stereocenters. The van der Waals surface area contributed by atoms with Crippen LogP contribution in [0.25, 0.3) is 0 Å². The van der Waals surface area contributed by atoms with Gasteiger partial charge < -0.3 is 20.7 Å². The topological polar surface area (TPSA) is 79.5 Å². The molecule has 1 aromatic carbocycles. The van der Waals surface area contributed by atoms with Crippen LogP contribution < -0.4 is 20.7 Å². The molecule has 0 aromatic heterocycles. The van der Waals surface area contributed by atoms with Crippen LogP contribution in [0.2, 0.25) is 0 Å². The highest BCUT2D eigenvalue weighted by molar-refractivity contribution is 5.89. The van der Waals surface area contributed by atoms with E-state index < -0.39 is 0 Å². The average Bonchev–Trinajstić information content (AvgIpc) is 2.37. The number of benzene rings is 1. The lowest BCUT2D eigenvalue weighted by Gasteiger charge is -2.08. The Labute approximate surface area is 106 Å². The predicted octanol–water partition coefficient (Wildman–Crippen LogP) is 0.953. The molecule has 0 radical (unpaired) electrons. The van der Waals surface area contributed by atoms with Crippen LogP contribution in [0, 0.1) is 0 Å². The first-order valence-electron chi connectivity index (χ1n) is 5.64. The molecular formula is C12H17N3O3. The number of carbonyl (C=O) groups excluding carboxylic acids is 2. The first-order chi connectivity index (χ1) is 8.65. The van der Waals surface area contributed by atoms with Gasteiger partial charge in [-0.15, -0.1) is 0 Å². The minimum absolute atomic E-state index is 0.0444. The summed E-state index contributed by atoms with van der Waals surface area (Å²) in [6.07, 6.45) is 0. The minimum Gasteiger partial charge on any atom is -0.484 e. The summed E-state index contributed by atoms with van der Waals surface area (Å²) in [6, 6.07) is 6.52. The van der Waals surface area contributed by atoms with Gasteiger partial charge in [0.25, 0.3) is 5.91 Å². The number of hydrogen-bond donors (Lipinski definition) is 3. The molecule has 0 unspecified atom stereocenters. The molecule has 3 N–H and O–H groups in total. The molecule has 0 aliphatic heterocycles. The van der Waals surface area contributed by atoms with Crippen molar-refractivity contribution < 1.29 is 14.3 Å². The summed E-state index contributed by atoms with van der Waals surface area (Å²) in [4.78, 5) is 22.3. The SMILES string of the molecule is CCNC(=O)COc1cccc(NC(=O)NC)c1. The molecule has 6 nitrogen and oxygen atoms in total. The van der Waals surface area contributed by atoms with E-state index in [0.29, 0.717) is 18.0 Å². The summed E-state index contributed by atoms with van der Waals surface area (Å²) in [5.74, 6) is 0.345. The fraction of sp³-hybridized carbons (Fsp3) is 0.333. The predicted molar refractivity (Wildman–Crippen MR) is 68.7 cm³/mol. The van der Waals surface area contributed by atoms with E-state index >= 15 is 0 Å². The number of ether oxygens (including phenoxy) is 1. The Balaban J connectivity index is 2.54. The van der Waals surface area contributed by atoms with Crippen LogP contribution in [0.15, 0.2) is 24.3 Å². The van der Waals surface area contributed by atoms with Crippen LogP contribution >= 0.6 is 0 Å². The van der Waals surface area contributed by atoms with Crippen LogP contribution in [0.4, 0.5) is 10.5 Å². The third kappa shape index (κ3) is 4.73. The van der Waals surface area contributed by atoms with E-state index in [2.05, 4.69) is 16.0 Å². The van der Waals surface area contributed by atoms with Crippen LogP contribution in [0.1, 0.15) is 6.92 Å². The average molecular weight is 251 g/mol. The highest BCUT2D eigenvalue weighted by atomic mass is 16.5. The summed E-state index contributed by atoms with van der Waals surface area (Å²) >= 11 is 0. The molecule has 98 valence electrons. The Morgan fingerprint density at radius 3 is 2.78 bits per heavy atom. The summed E-state index contributed by atoms with van der Waals surface area (Å²) in [5, 5.41) is 7.69. The largest absolute Gasteiger partial charge is 0.484 e. The van der Waals surface area contributed by atoms with Gasteiger partial charge in [-0.3, -0.25) is 4.79 Å². The maximum atomic E-state index is 11.2. The number of likely N-dealkylation sites (N-methyl/N-ethyl adjacent to an activating group) is 1. The summed E-state index contributed by atoms with van der Waals surface area (Å²) < 4.78 is 5.29. The normalized spacial score (nSPS) is 9.44. The van der Waals surface area contributed by atoms with E-state index in [1.807, 2.05) is 6.92 Å². The van der Waals surface area contributed by atoms with Crippen LogP contribution in [0.5, 0.6) is 5.75 Å². The van der Waals surface area contributed by atoms with Gasteiger partial charge in [-0.2, -0.15) is 0 Å². The van der Waals surface area contributed by atoms with Crippen molar-refractivity contribution in [2.24, 2.45) is 0 Å². The molecule has 0 bridgehead atoms. The van der Waals surface area contributed by atoms with Gasteiger partial charge in [0.1, 0.15) is 5.75 Å². The Morgan fingerprint density at radius 2 is 2.11 bits per heavy atom. The third-order valence-electron chi connectivity index (χ3n) is 2.06. The molecule has 0 heterocycles. The monoisotopic (exact) mass is 251 g/mol. The number of nitrogens with one attached hydrogen (secondary N) is 3. The molecule has 18 heavy (non-hydrogen) atoms.